The fourth-order valence-electron chi connectivity index (χ4n) is 3.03. The van der Waals surface area contributed by atoms with Gasteiger partial charge in [-0.2, -0.15) is 0 Å². The lowest BCUT2D eigenvalue weighted by atomic mass is 9.97. The zero-order chi connectivity index (χ0) is 13.8. The van der Waals surface area contributed by atoms with Crippen LogP contribution in [0, 0.1) is 0 Å². The van der Waals surface area contributed by atoms with Gasteiger partial charge in [0.05, 0.1) is 11.6 Å². The Morgan fingerprint density at radius 2 is 2.20 bits per heavy atom. The molecule has 2 aromatic rings. The Bertz CT molecular complexity index is 558. The first-order chi connectivity index (χ1) is 9.84. The summed E-state index contributed by atoms with van der Waals surface area (Å²) < 4.78 is 5.66. The second kappa shape index (κ2) is 6.33. The molecule has 1 aromatic carbocycles. The minimum absolute atomic E-state index is 0.0873. The van der Waals surface area contributed by atoms with Crippen LogP contribution in [0.25, 0.3) is 10.9 Å². The van der Waals surface area contributed by atoms with Gasteiger partial charge in [0.15, 0.2) is 0 Å². The predicted molar refractivity (Wildman–Crippen MR) is 81.5 cm³/mol. The topological polar surface area (TPSA) is 48.1 Å². The van der Waals surface area contributed by atoms with Gasteiger partial charge < -0.3 is 10.5 Å². The van der Waals surface area contributed by atoms with Crippen LogP contribution in [-0.4, -0.2) is 17.7 Å². The van der Waals surface area contributed by atoms with E-state index in [0.29, 0.717) is 6.10 Å². The first-order valence-corrected chi connectivity index (χ1v) is 7.55. The Morgan fingerprint density at radius 1 is 1.30 bits per heavy atom. The van der Waals surface area contributed by atoms with Crippen molar-refractivity contribution in [2.75, 3.05) is 6.61 Å². The van der Waals surface area contributed by atoms with Gasteiger partial charge in [-0.25, -0.2) is 0 Å². The molecule has 1 fully saturated rings. The Hall–Kier alpha value is -1.45. The van der Waals surface area contributed by atoms with Crippen LogP contribution in [0.4, 0.5) is 0 Å². The summed E-state index contributed by atoms with van der Waals surface area (Å²) >= 11 is 0. The summed E-state index contributed by atoms with van der Waals surface area (Å²) in [5, 5.41) is 1.18. The number of hydrogen-bond acceptors (Lipinski definition) is 3. The molecule has 3 heteroatoms. The summed E-state index contributed by atoms with van der Waals surface area (Å²) in [6.45, 7) is 0.936. The summed E-state index contributed by atoms with van der Waals surface area (Å²) in [5.41, 5.74) is 8.62. The third kappa shape index (κ3) is 3.00. The molecule has 2 N–H and O–H groups in total. The fraction of sp³-hybridized carbons (Fsp3) is 0.471. The highest BCUT2D eigenvalue weighted by molar-refractivity contribution is 5.82. The third-order valence-corrected chi connectivity index (χ3v) is 4.15. The van der Waals surface area contributed by atoms with Gasteiger partial charge in [0.25, 0.3) is 0 Å². The zero-order valence-electron chi connectivity index (χ0n) is 11.8. The molecule has 0 aliphatic carbocycles. The first-order valence-electron chi connectivity index (χ1n) is 7.55. The quantitative estimate of drug-likeness (QED) is 0.903. The third-order valence-electron chi connectivity index (χ3n) is 4.15. The number of aromatic nitrogens is 1. The maximum absolute atomic E-state index is 6.38. The smallest absolute Gasteiger partial charge is 0.0705 e. The molecule has 2 atom stereocenters. The average Bonchev–Trinajstić information content (AvgIpc) is 3.00. The monoisotopic (exact) mass is 270 g/mol. The minimum atomic E-state index is 0.0873. The Balaban J connectivity index is 1.64. The van der Waals surface area contributed by atoms with Gasteiger partial charge in [0, 0.05) is 24.2 Å². The molecule has 0 amide bonds. The molecule has 1 aliphatic rings. The van der Waals surface area contributed by atoms with Gasteiger partial charge in [-0.15, -0.1) is 0 Å². The van der Waals surface area contributed by atoms with E-state index in [1.807, 2.05) is 24.4 Å². The molecule has 1 aromatic heterocycles. The zero-order valence-corrected chi connectivity index (χ0v) is 11.8. The van der Waals surface area contributed by atoms with Crippen LogP contribution in [-0.2, 0) is 4.74 Å². The van der Waals surface area contributed by atoms with Crippen LogP contribution < -0.4 is 5.73 Å². The molecule has 3 rings (SSSR count). The van der Waals surface area contributed by atoms with Crippen molar-refractivity contribution in [2.45, 2.75) is 44.2 Å². The SMILES string of the molecule is NC(CCCC1CCCO1)c1ccnc2ccccc12. The first kappa shape index (κ1) is 13.5. The summed E-state index contributed by atoms with van der Waals surface area (Å²) in [4.78, 5) is 4.39. The molecule has 0 radical (unpaired) electrons. The largest absolute Gasteiger partial charge is 0.378 e. The van der Waals surface area contributed by atoms with Crippen LogP contribution in [0.15, 0.2) is 36.5 Å². The normalized spacial score (nSPS) is 20.4. The lowest BCUT2D eigenvalue weighted by Gasteiger charge is -2.15. The molecule has 0 saturated carbocycles. The summed E-state index contributed by atoms with van der Waals surface area (Å²) in [6.07, 6.45) is 8.03. The van der Waals surface area contributed by atoms with Gasteiger partial charge >= 0.3 is 0 Å². The van der Waals surface area contributed by atoms with Gasteiger partial charge in [0.1, 0.15) is 0 Å². The number of ether oxygens (including phenoxy) is 1. The highest BCUT2D eigenvalue weighted by Gasteiger charge is 2.16. The summed E-state index contributed by atoms with van der Waals surface area (Å²) in [5.74, 6) is 0. The molecule has 20 heavy (non-hydrogen) atoms. The van der Waals surface area contributed by atoms with E-state index in [4.69, 9.17) is 10.5 Å². The Morgan fingerprint density at radius 3 is 3.05 bits per heavy atom. The standard InChI is InChI=1S/C17H22N2O/c18-16(8-3-5-13-6-4-12-20-13)14-10-11-19-17-9-2-1-7-15(14)17/h1-2,7,9-11,13,16H,3-6,8,12,18H2. The summed E-state index contributed by atoms with van der Waals surface area (Å²) in [7, 11) is 0. The van der Waals surface area contributed by atoms with E-state index in [1.165, 1.54) is 23.8 Å². The van der Waals surface area contributed by atoms with E-state index in [9.17, 15) is 0 Å². The fourth-order valence-corrected chi connectivity index (χ4v) is 3.03. The van der Waals surface area contributed by atoms with E-state index in [-0.39, 0.29) is 6.04 Å². The van der Waals surface area contributed by atoms with Gasteiger partial charge in [-0.3, -0.25) is 4.98 Å². The van der Waals surface area contributed by atoms with Crippen LogP contribution in [0.2, 0.25) is 0 Å². The Kier molecular flexibility index (Phi) is 4.28. The molecule has 3 nitrogen and oxygen atoms in total. The van der Waals surface area contributed by atoms with Crippen molar-refractivity contribution in [1.82, 2.24) is 4.98 Å². The van der Waals surface area contributed by atoms with Gasteiger partial charge in [-0.1, -0.05) is 18.2 Å². The van der Waals surface area contributed by atoms with Crippen LogP contribution in [0.5, 0.6) is 0 Å². The molecule has 106 valence electrons. The van der Waals surface area contributed by atoms with E-state index >= 15 is 0 Å². The molecule has 2 unspecified atom stereocenters. The molecule has 0 spiro atoms. The highest BCUT2D eigenvalue weighted by atomic mass is 16.5. The second-order valence-electron chi connectivity index (χ2n) is 5.59. The van der Waals surface area contributed by atoms with Crippen molar-refractivity contribution >= 4 is 10.9 Å². The number of hydrogen-bond donors (Lipinski definition) is 1. The number of para-hydroxylation sites is 1. The summed E-state index contributed by atoms with van der Waals surface area (Å²) in [6, 6.07) is 10.4. The van der Waals surface area contributed by atoms with Crippen molar-refractivity contribution < 1.29 is 4.74 Å². The second-order valence-corrected chi connectivity index (χ2v) is 5.59. The number of pyridine rings is 1. The van der Waals surface area contributed by atoms with Gasteiger partial charge in [-0.05, 0) is 49.8 Å². The highest BCUT2D eigenvalue weighted by Crippen LogP contribution is 2.26. The predicted octanol–water partition coefficient (Wildman–Crippen LogP) is 3.58. The molecular formula is C17H22N2O. The number of fused-ring (bicyclic) bond motifs is 1. The van der Waals surface area contributed by atoms with Crippen molar-refractivity contribution in [3.63, 3.8) is 0 Å². The average molecular weight is 270 g/mol. The minimum Gasteiger partial charge on any atom is -0.378 e. The number of nitrogens with two attached hydrogens (primary N) is 1. The maximum Gasteiger partial charge on any atom is 0.0705 e. The lowest BCUT2D eigenvalue weighted by Crippen LogP contribution is -2.12. The van der Waals surface area contributed by atoms with Gasteiger partial charge in [0.2, 0.25) is 0 Å². The van der Waals surface area contributed by atoms with E-state index in [2.05, 4.69) is 17.1 Å². The van der Waals surface area contributed by atoms with Crippen molar-refractivity contribution in [3.8, 4) is 0 Å². The number of nitrogens with zero attached hydrogens (tertiary/aromatic N) is 1. The van der Waals surface area contributed by atoms with E-state index in [1.54, 1.807) is 0 Å². The molecular weight excluding hydrogens is 248 g/mol. The van der Waals surface area contributed by atoms with E-state index < -0.39 is 0 Å². The van der Waals surface area contributed by atoms with Crippen LogP contribution >= 0.6 is 0 Å². The van der Waals surface area contributed by atoms with E-state index in [0.717, 1.165) is 31.4 Å². The van der Waals surface area contributed by atoms with Crippen molar-refractivity contribution in [2.24, 2.45) is 5.73 Å². The molecule has 1 saturated heterocycles. The van der Waals surface area contributed by atoms with Crippen molar-refractivity contribution in [3.05, 3.63) is 42.1 Å². The lowest BCUT2D eigenvalue weighted by molar-refractivity contribution is 0.101. The van der Waals surface area contributed by atoms with Crippen LogP contribution in [0.3, 0.4) is 0 Å². The molecule has 2 heterocycles. The molecule has 1 aliphatic heterocycles. The maximum atomic E-state index is 6.38. The molecule has 0 bridgehead atoms. The van der Waals surface area contributed by atoms with Crippen molar-refractivity contribution in [1.29, 1.82) is 0 Å². The number of rotatable bonds is 5. The Labute approximate surface area is 120 Å². The number of benzene rings is 1. The van der Waals surface area contributed by atoms with Crippen LogP contribution in [0.1, 0.15) is 43.7 Å².